The van der Waals surface area contributed by atoms with Gasteiger partial charge < -0.3 is 5.11 Å². The molecule has 1 N–H and O–H groups in total. The maximum absolute atomic E-state index is 12.4. The molecule has 0 atom stereocenters. The van der Waals surface area contributed by atoms with E-state index in [2.05, 4.69) is 16.8 Å². The topological polar surface area (TPSA) is 90.7 Å². The summed E-state index contributed by atoms with van der Waals surface area (Å²) < 4.78 is 1.04. The fourth-order valence-electron chi connectivity index (χ4n) is 2.07. The number of aryl methyl sites for hydroxylation is 1. The minimum atomic E-state index is -0.519. The van der Waals surface area contributed by atoms with Gasteiger partial charge in [0, 0.05) is 12.1 Å². The number of allylic oxidation sites excluding steroid dienone is 1. The molecule has 0 fully saturated rings. The lowest BCUT2D eigenvalue weighted by atomic mass is 10.1. The van der Waals surface area contributed by atoms with Crippen molar-refractivity contribution in [2.24, 2.45) is 10.2 Å². The van der Waals surface area contributed by atoms with Gasteiger partial charge in [-0.3, -0.25) is 9.36 Å². The maximum atomic E-state index is 12.4. The van der Waals surface area contributed by atoms with Gasteiger partial charge in [0.1, 0.15) is 11.6 Å². The van der Waals surface area contributed by atoms with Crippen LogP contribution in [0.25, 0.3) is 0 Å². The van der Waals surface area contributed by atoms with Gasteiger partial charge in [-0.2, -0.15) is 10.4 Å². The van der Waals surface area contributed by atoms with Crippen molar-refractivity contribution in [2.75, 3.05) is 0 Å². The highest BCUT2D eigenvalue weighted by molar-refractivity contribution is 5.56. The summed E-state index contributed by atoms with van der Waals surface area (Å²) in [4.78, 5) is 12.4. The number of aromatic nitrogens is 1. The van der Waals surface area contributed by atoms with Crippen molar-refractivity contribution >= 4 is 11.4 Å². The second kappa shape index (κ2) is 6.71. The van der Waals surface area contributed by atoms with E-state index in [1.165, 1.54) is 6.08 Å². The maximum Gasteiger partial charge on any atom is 0.281 e. The summed E-state index contributed by atoms with van der Waals surface area (Å²) in [5.74, 6) is -0.385. The van der Waals surface area contributed by atoms with Gasteiger partial charge in [-0.05, 0) is 26.0 Å². The van der Waals surface area contributed by atoms with Crippen molar-refractivity contribution in [3.05, 3.63) is 64.0 Å². The minimum Gasteiger partial charge on any atom is -0.493 e. The first-order valence-electron chi connectivity index (χ1n) is 6.95. The van der Waals surface area contributed by atoms with Gasteiger partial charge in [-0.15, -0.1) is 11.7 Å². The summed E-state index contributed by atoms with van der Waals surface area (Å²) in [6, 6.07) is 9.22. The third kappa shape index (κ3) is 3.19. The van der Waals surface area contributed by atoms with Crippen LogP contribution in [0.1, 0.15) is 16.7 Å². The number of nitrogens with zero attached hydrogens (tertiary/aromatic N) is 4. The number of hydrogen-bond donors (Lipinski definition) is 1. The molecule has 2 aromatic rings. The van der Waals surface area contributed by atoms with Crippen LogP contribution in [0, 0.1) is 25.2 Å². The Bertz CT molecular complexity index is 871. The average molecular weight is 308 g/mol. The fourth-order valence-corrected chi connectivity index (χ4v) is 2.07. The van der Waals surface area contributed by atoms with Gasteiger partial charge in [0.2, 0.25) is 5.88 Å². The Kier molecular flexibility index (Phi) is 4.72. The number of hydrogen-bond acceptors (Lipinski definition) is 5. The molecule has 0 amide bonds. The van der Waals surface area contributed by atoms with Crippen LogP contribution in [0.5, 0.6) is 5.88 Å². The molecule has 0 spiro atoms. The summed E-state index contributed by atoms with van der Waals surface area (Å²) in [6.45, 7) is 7.13. The minimum absolute atomic E-state index is 0.00399. The molecule has 0 radical (unpaired) electrons. The molecule has 2 rings (SSSR count). The van der Waals surface area contributed by atoms with Crippen LogP contribution in [0.3, 0.4) is 0 Å². The van der Waals surface area contributed by atoms with E-state index in [4.69, 9.17) is 0 Å². The van der Waals surface area contributed by atoms with Crippen LogP contribution in [0.4, 0.5) is 11.4 Å². The van der Waals surface area contributed by atoms with Crippen LogP contribution in [-0.2, 0) is 6.54 Å². The first kappa shape index (κ1) is 16.2. The molecule has 1 aromatic heterocycles. The largest absolute Gasteiger partial charge is 0.493 e. The third-order valence-electron chi connectivity index (χ3n) is 3.38. The second-order valence-electron chi connectivity index (χ2n) is 5.02. The monoisotopic (exact) mass is 308 g/mol. The standard InChI is InChI=1S/C17H16N4O2/c1-4-9-21-16(22)14(10-18)12(3)15(17(21)23)20-19-13-7-5-11(2)6-8-13/h4-8,22H,1,9H2,2-3H3. The predicted octanol–water partition coefficient (Wildman–Crippen LogP) is 3.64. The molecule has 6 heteroatoms. The third-order valence-corrected chi connectivity index (χ3v) is 3.38. The number of nitriles is 1. The zero-order valence-corrected chi connectivity index (χ0v) is 12.9. The number of pyridine rings is 1. The van der Waals surface area contributed by atoms with Crippen LogP contribution >= 0.6 is 0 Å². The van der Waals surface area contributed by atoms with Crippen molar-refractivity contribution in [2.45, 2.75) is 20.4 Å². The van der Waals surface area contributed by atoms with Crippen LogP contribution in [0.15, 0.2) is 51.9 Å². The van der Waals surface area contributed by atoms with E-state index in [0.717, 1.165) is 10.1 Å². The van der Waals surface area contributed by atoms with Crippen molar-refractivity contribution < 1.29 is 5.11 Å². The Morgan fingerprint density at radius 3 is 2.52 bits per heavy atom. The van der Waals surface area contributed by atoms with Crippen molar-refractivity contribution in [3.63, 3.8) is 0 Å². The zero-order chi connectivity index (χ0) is 17.0. The SMILES string of the molecule is C=CCn1c(O)c(C#N)c(C)c(N=Nc2ccc(C)cc2)c1=O. The number of azo groups is 1. The highest BCUT2D eigenvalue weighted by Crippen LogP contribution is 2.26. The quantitative estimate of drug-likeness (QED) is 0.690. The molecule has 0 aliphatic heterocycles. The van der Waals surface area contributed by atoms with E-state index in [0.29, 0.717) is 11.3 Å². The summed E-state index contributed by atoms with van der Waals surface area (Å²) in [7, 11) is 0. The average Bonchev–Trinajstić information content (AvgIpc) is 2.53. The second-order valence-corrected chi connectivity index (χ2v) is 5.02. The number of benzene rings is 1. The fraction of sp³-hybridized carbons (Fsp3) is 0.176. The smallest absolute Gasteiger partial charge is 0.281 e. The summed E-state index contributed by atoms with van der Waals surface area (Å²) in [6.07, 6.45) is 1.46. The highest BCUT2D eigenvalue weighted by atomic mass is 16.3. The molecule has 0 saturated carbocycles. The van der Waals surface area contributed by atoms with E-state index in [-0.39, 0.29) is 23.7 Å². The van der Waals surface area contributed by atoms with Crippen molar-refractivity contribution in [1.82, 2.24) is 4.57 Å². The number of aromatic hydroxyl groups is 1. The summed E-state index contributed by atoms with van der Waals surface area (Å²) >= 11 is 0. The van der Waals surface area contributed by atoms with Gasteiger partial charge in [0.15, 0.2) is 5.69 Å². The molecule has 0 saturated heterocycles. The van der Waals surface area contributed by atoms with Gasteiger partial charge in [-0.25, -0.2) is 0 Å². The lowest BCUT2D eigenvalue weighted by Crippen LogP contribution is -2.21. The van der Waals surface area contributed by atoms with E-state index >= 15 is 0 Å². The molecular formula is C17H16N4O2. The predicted molar refractivity (Wildman–Crippen MR) is 87.4 cm³/mol. The Hall–Kier alpha value is -3.20. The Labute approximate surface area is 133 Å². The van der Waals surface area contributed by atoms with Gasteiger partial charge in [0.05, 0.1) is 5.69 Å². The normalized spacial score (nSPS) is 10.7. The molecule has 0 unspecified atom stereocenters. The summed E-state index contributed by atoms with van der Waals surface area (Å²) in [5, 5.41) is 27.3. The highest BCUT2D eigenvalue weighted by Gasteiger charge is 2.18. The number of rotatable bonds is 4. The molecular weight excluding hydrogens is 292 g/mol. The molecule has 1 aromatic carbocycles. The first-order valence-corrected chi connectivity index (χ1v) is 6.95. The van der Waals surface area contributed by atoms with Gasteiger partial charge in [0.25, 0.3) is 5.56 Å². The molecule has 116 valence electrons. The van der Waals surface area contributed by atoms with Crippen LogP contribution in [-0.4, -0.2) is 9.67 Å². The Morgan fingerprint density at radius 2 is 1.96 bits per heavy atom. The van der Waals surface area contributed by atoms with E-state index < -0.39 is 5.56 Å². The van der Waals surface area contributed by atoms with Gasteiger partial charge in [-0.1, -0.05) is 23.8 Å². The van der Waals surface area contributed by atoms with E-state index in [9.17, 15) is 15.2 Å². The lowest BCUT2D eigenvalue weighted by molar-refractivity contribution is 0.414. The molecule has 6 nitrogen and oxygen atoms in total. The molecule has 0 bridgehead atoms. The summed E-state index contributed by atoms with van der Waals surface area (Å²) in [5.41, 5.74) is 1.49. The zero-order valence-electron chi connectivity index (χ0n) is 12.9. The molecule has 1 heterocycles. The van der Waals surface area contributed by atoms with Crippen LogP contribution < -0.4 is 5.56 Å². The van der Waals surface area contributed by atoms with E-state index in [1.54, 1.807) is 19.1 Å². The molecule has 23 heavy (non-hydrogen) atoms. The van der Waals surface area contributed by atoms with E-state index in [1.807, 2.05) is 25.1 Å². The van der Waals surface area contributed by atoms with Crippen molar-refractivity contribution in [1.29, 1.82) is 5.26 Å². The molecule has 0 aliphatic rings. The Balaban J connectivity index is 2.60. The van der Waals surface area contributed by atoms with Crippen molar-refractivity contribution in [3.8, 4) is 11.9 Å². The van der Waals surface area contributed by atoms with Gasteiger partial charge >= 0.3 is 0 Å². The lowest BCUT2D eigenvalue weighted by Gasteiger charge is -2.11. The Morgan fingerprint density at radius 1 is 1.30 bits per heavy atom. The molecule has 0 aliphatic carbocycles. The van der Waals surface area contributed by atoms with Crippen LogP contribution in [0.2, 0.25) is 0 Å². The first-order chi connectivity index (χ1) is 11.0.